The fourth-order valence-electron chi connectivity index (χ4n) is 3.81. The van der Waals surface area contributed by atoms with Gasteiger partial charge in [0.25, 0.3) is 0 Å². The highest BCUT2D eigenvalue weighted by molar-refractivity contribution is 5.96. The van der Waals surface area contributed by atoms with E-state index in [1.165, 1.54) is 0 Å². The van der Waals surface area contributed by atoms with E-state index in [0.717, 1.165) is 18.5 Å². The maximum atomic E-state index is 12.9. The molecule has 170 valence electrons. The highest BCUT2D eigenvalue weighted by atomic mass is 16.6. The number of nitrogens with two attached hydrogens (primary N) is 1. The van der Waals surface area contributed by atoms with Crippen LogP contribution in [0.2, 0.25) is 0 Å². The van der Waals surface area contributed by atoms with Crippen LogP contribution in [-0.2, 0) is 24.6 Å². The van der Waals surface area contributed by atoms with Crippen molar-refractivity contribution in [3.05, 3.63) is 29.8 Å². The molecule has 1 aromatic carbocycles. The van der Waals surface area contributed by atoms with Crippen LogP contribution in [0.4, 0.5) is 0 Å². The Morgan fingerprint density at radius 3 is 2.13 bits per heavy atom. The number of hydrogen-bond donors (Lipinski definition) is 1. The van der Waals surface area contributed by atoms with Crippen LogP contribution in [0, 0.1) is 11.3 Å². The lowest BCUT2D eigenvalue weighted by atomic mass is 9.60. The average Bonchev–Trinajstić information content (AvgIpc) is 2.67. The van der Waals surface area contributed by atoms with Crippen LogP contribution in [0.3, 0.4) is 0 Å². The van der Waals surface area contributed by atoms with Gasteiger partial charge in [-0.05, 0) is 65.0 Å². The largest absolute Gasteiger partial charge is 0.497 e. The molecule has 1 atom stereocenters. The Morgan fingerprint density at radius 1 is 1.10 bits per heavy atom. The second kappa shape index (κ2) is 11.3. The van der Waals surface area contributed by atoms with Gasteiger partial charge >= 0.3 is 11.9 Å². The third kappa shape index (κ3) is 5.95. The molecule has 1 aromatic rings. The fraction of sp³-hybridized carbons (Fsp3) is 0.652. The van der Waals surface area contributed by atoms with Crippen LogP contribution in [0.25, 0.3) is 0 Å². The molecule has 0 saturated carbocycles. The monoisotopic (exact) mass is 422 g/mol. The number of benzene rings is 1. The smallest absolute Gasteiger partial charge is 0.320 e. The van der Waals surface area contributed by atoms with Crippen molar-refractivity contribution in [3.8, 4) is 5.75 Å². The van der Waals surface area contributed by atoms with Gasteiger partial charge in [0, 0.05) is 11.0 Å². The molecule has 0 aromatic heterocycles. The van der Waals surface area contributed by atoms with Crippen molar-refractivity contribution in [1.82, 2.24) is 4.90 Å². The van der Waals surface area contributed by atoms with E-state index in [-0.39, 0.29) is 13.2 Å². The van der Waals surface area contributed by atoms with E-state index in [1.807, 2.05) is 52.2 Å². The molecule has 2 N–H and O–H groups in total. The first-order valence-corrected chi connectivity index (χ1v) is 10.5. The van der Waals surface area contributed by atoms with Crippen LogP contribution in [-0.4, -0.2) is 57.8 Å². The van der Waals surface area contributed by atoms with E-state index >= 15 is 0 Å². The van der Waals surface area contributed by atoms with Gasteiger partial charge in [0.15, 0.2) is 5.92 Å². The molecule has 0 fully saturated rings. The van der Waals surface area contributed by atoms with E-state index in [9.17, 15) is 9.59 Å². The van der Waals surface area contributed by atoms with Crippen LogP contribution in [0.5, 0.6) is 5.75 Å². The number of esters is 2. The normalized spacial score (nSPS) is 13.8. The van der Waals surface area contributed by atoms with Crippen molar-refractivity contribution < 1.29 is 23.8 Å². The molecule has 0 bridgehead atoms. The minimum absolute atomic E-state index is 0.169. The summed E-state index contributed by atoms with van der Waals surface area (Å²) in [5.74, 6) is -1.74. The summed E-state index contributed by atoms with van der Waals surface area (Å²) >= 11 is 0. The van der Waals surface area contributed by atoms with Crippen molar-refractivity contribution >= 4 is 11.9 Å². The Hall–Kier alpha value is -2.12. The Bertz CT molecular complexity index is 687. The van der Waals surface area contributed by atoms with Gasteiger partial charge in [0.05, 0.1) is 20.3 Å². The van der Waals surface area contributed by atoms with Gasteiger partial charge in [0.2, 0.25) is 0 Å². The van der Waals surface area contributed by atoms with Crippen LogP contribution in [0.1, 0.15) is 46.1 Å². The molecule has 0 aliphatic rings. The van der Waals surface area contributed by atoms with Gasteiger partial charge in [-0.2, -0.15) is 0 Å². The van der Waals surface area contributed by atoms with Crippen LogP contribution in [0.15, 0.2) is 24.3 Å². The zero-order chi connectivity index (χ0) is 22.9. The summed E-state index contributed by atoms with van der Waals surface area (Å²) in [7, 11) is 5.58. The molecule has 0 spiro atoms. The minimum Gasteiger partial charge on any atom is -0.497 e. The molecule has 7 heteroatoms. The van der Waals surface area contributed by atoms with Crippen molar-refractivity contribution in [2.45, 2.75) is 46.1 Å². The first kappa shape index (κ1) is 25.9. The minimum atomic E-state index is -1.16. The van der Waals surface area contributed by atoms with Crippen LogP contribution < -0.4 is 10.5 Å². The third-order valence-corrected chi connectivity index (χ3v) is 5.68. The Labute approximate surface area is 180 Å². The van der Waals surface area contributed by atoms with E-state index in [4.69, 9.17) is 19.9 Å². The van der Waals surface area contributed by atoms with Gasteiger partial charge in [-0.15, -0.1) is 0 Å². The van der Waals surface area contributed by atoms with E-state index in [2.05, 4.69) is 4.90 Å². The number of hydrogen-bond acceptors (Lipinski definition) is 7. The molecule has 0 aliphatic carbocycles. The maximum absolute atomic E-state index is 12.9. The number of ether oxygens (including phenoxy) is 3. The van der Waals surface area contributed by atoms with Gasteiger partial charge in [0.1, 0.15) is 5.75 Å². The Balaban J connectivity index is 3.54. The summed E-state index contributed by atoms with van der Waals surface area (Å²) in [5.41, 5.74) is 5.87. The van der Waals surface area contributed by atoms with Crippen molar-refractivity contribution in [1.29, 1.82) is 0 Å². The van der Waals surface area contributed by atoms with Crippen molar-refractivity contribution in [2.75, 3.05) is 41.0 Å². The second-order valence-electron chi connectivity index (χ2n) is 8.27. The lowest BCUT2D eigenvalue weighted by Crippen LogP contribution is -2.57. The fourth-order valence-corrected chi connectivity index (χ4v) is 3.81. The van der Waals surface area contributed by atoms with Crippen LogP contribution >= 0.6 is 0 Å². The Morgan fingerprint density at radius 2 is 1.67 bits per heavy atom. The van der Waals surface area contributed by atoms with E-state index < -0.39 is 28.8 Å². The number of rotatable bonds is 12. The highest BCUT2D eigenvalue weighted by Gasteiger charge is 2.54. The molecule has 7 nitrogen and oxygen atoms in total. The molecular weight excluding hydrogens is 384 g/mol. The van der Waals surface area contributed by atoms with E-state index in [1.54, 1.807) is 21.0 Å². The predicted octanol–water partition coefficient (Wildman–Crippen LogP) is 2.96. The summed E-state index contributed by atoms with van der Waals surface area (Å²) in [4.78, 5) is 27.8. The Kier molecular flexibility index (Phi) is 9.78. The number of carbonyl (C=O) groups excluding carboxylic acids is 2. The molecule has 1 rings (SSSR count). The van der Waals surface area contributed by atoms with Gasteiger partial charge in [-0.25, -0.2) is 0 Å². The summed E-state index contributed by atoms with van der Waals surface area (Å²) in [6.07, 6.45) is 1.34. The number of nitrogens with zero attached hydrogens (tertiary/aromatic N) is 1. The average molecular weight is 423 g/mol. The number of methoxy groups -OCH3 is 1. The topological polar surface area (TPSA) is 91.1 Å². The van der Waals surface area contributed by atoms with Gasteiger partial charge in [-0.1, -0.05) is 26.0 Å². The van der Waals surface area contributed by atoms with E-state index in [0.29, 0.717) is 12.2 Å². The lowest BCUT2D eigenvalue weighted by Gasteiger charge is -2.47. The second-order valence-corrected chi connectivity index (χ2v) is 8.27. The van der Waals surface area contributed by atoms with Crippen molar-refractivity contribution in [2.24, 2.45) is 17.1 Å². The first-order chi connectivity index (χ1) is 14.0. The molecule has 0 amide bonds. The molecular formula is C23H38N2O5. The molecule has 0 aliphatic heterocycles. The zero-order valence-corrected chi connectivity index (χ0v) is 19.5. The third-order valence-electron chi connectivity index (χ3n) is 5.68. The molecule has 30 heavy (non-hydrogen) atoms. The first-order valence-electron chi connectivity index (χ1n) is 10.5. The SMILES string of the molecule is CCOC(=O)C(C(=O)OCC)C(C)(C)C(N)(CCCN(C)C)c1cccc(OC)c1. The van der Waals surface area contributed by atoms with Crippen molar-refractivity contribution in [3.63, 3.8) is 0 Å². The molecule has 1 unspecified atom stereocenters. The highest BCUT2D eigenvalue weighted by Crippen LogP contribution is 2.47. The molecule has 0 heterocycles. The number of carbonyl (C=O) groups is 2. The summed E-state index contributed by atoms with van der Waals surface area (Å²) in [6.45, 7) is 8.25. The summed E-state index contributed by atoms with van der Waals surface area (Å²) in [6, 6.07) is 7.48. The van der Waals surface area contributed by atoms with Gasteiger partial charge in [-0.3, -0.25) is 9.59 Å². The zero-order valence-electron chi connectivity index (χ0n) is 19.5. The van der Waals surface area contributed by atoms with Gasteiger partial charge < -0.3 is 24.8 Å². The maximum Gasteiger partial charge on any atom is 0.320 e. The lowest BCUT2D eigenvalue weighted by molar-refractivity contribution is -0.170. The summed E-state index contributed by atoms with van der Waals surface area (Å²) in [5, 5.41) is 0. The summed E-state index contributed by atoms with van der Waals surface area (Å²) < 4.78 is 15.9. The standard InChI is InChI=1S/C23H38N2O5/c1-8-29-20(26)19(21(27)30-9-2)22(3,4)23(24,14-11-15-25(5)6)17-12-10-13-18(16-17)28-7/h10,12-13,16,19H,8-9,11,14-15,24H2,1-7H3. The predicted molar refractivity (Wildman–Crippen MR) is 117 cm³/mol. The quantitative estimate of drug-likeness (QED) is 0.409. The molecule has 0 saturated heterocycles. The molecule has 0 radical (unpaired) electrons.